The molecule has 4 radical (unpaired) electrons. The van der Waals surface area contributed by atoms with Crippen LogP contribution in [0.1, 0.15) is 68.7 Å². The van der Waals surface area contributed by atoms with Crippen LogP contribution in [0.2, 0.25) is 0 Å². The summed E-state index contributed by atoms with van der Waals surface area (Å²) in [5.74, 6) is 0. The Hall–Kier alpha value is -0.840. The third-order valence-electron chi connectivity index (χ3n) is 13.8. The molecular formula is C56H118N8O13. The van der Waals surface area contributed by atoms with Gasteiger partial charge in [0.05, 0.1) is 129 Å². The fourth-order valence-electron chi connectivity index (χ4n) is 7.90. The molecule has 21 nitrogen and oxygen atoms in total. The Labute approximate surface area is 470 Å². The van der Waals surface area contributed by atoms with Gasteiger partial charge in [-0.25, -0.2) is 0 Å². The van der Waals surface area contributed by atoms with E-state index in [1.54, 1.807) is 0 Å². The van der Waals surface area contributed by atoms with E-state index in [2.05, 4.69) is 60.1 Å². The molecule has 0 heterocycles. The number of hydrogen-bond acceptors (Lipinski definition) is 21. The third-order valence-corrected chi connectivity index (χ3v) is 13.8. The summed E-state index contributed by atoms with van der Waals surface area (Å²) < 4.78 is 46.5. The second kappa shape index (κ2) is 52.0. The Bertz CT molecular complexity index is 1230. The molecule has 0 aromatic heterocycles. The summed E-state index contributed by atoms with van der Waals surface area (Å²) in [5, 5.41) is 48.4. The van der Waals surface area contributed by atoms with Crippen LogP contribution >= 0.6 is 0 Å². The van der Waals surface area contributed by atoms with Crippen molar-refractivity contribution in [1.29, 1.82) is 0 Å². The van der Waals surface area contributed by atoms with Gasteiger partial charge in [-0.1, -0.05) is 13.8 Å². The van der Waals surface area contributed by atoms with Crippen molar-refractivity contribution < 1.29 is 63.4 Å². The van der Waals surface area contributed by atoms with Gasteiger partial charge in [-0.15, -0.1) is 0 Å². The number of rotatable bonds is 59. The predicted octanol–water partition coefficient (Wildman–Crippen LogP) is 0.656. The van der Waals surface area contributed by atoms with E-state index in [9.17, 15) is 25.5 Å². The lowest BCUT2D eigenvalue weighted by atomic mass is 10.3. The average Bonchev–Trinajstić information content (AvgIpc) is 3.43. The molecule has 0 amide bonds. The summed E-state index contributed by atoms with van der Waals surface area (Å²) in [6.45, 7) is 45.8. The van der Waals surface area contributed by atoms with E-state index < -0.39 is 0 Å². The van der Waals surface area contributed by atoms with Crippen LogP contribution in [0.25, 0.3) is 0 Å². The monoisotopic (exact) mass is 1110 g/mol. The third kappa shape index (κ3) is 44.4. The zero-order valence-corrected chi connectivity index (χ0v) is 50.4. The van der Waals surface area contributed by atoms with Crippen molar-refractivity contribution in [3.63, 3.8) is 0 Å². The first-order valence-electron chi connectivity index (χ1n) is 29.2. The zero-order valence-electron chi connectivity index (χ0n) is 50.4. The maximum atomic E-state index is 9.85. The standard InChI is InChI=1S/C56H118N8O13/c1-13-50(4)71-37-30-57(11)16-17-61(31-38-72-51(5)44-65)25-20-60(24-29-64(35-42-76-55(9)48-69)36-43-77-56(10)49-70-12)22-27-62(32-39-73-52(6)45-66)26-21-59(19-18-58(14-2)15-3)23-28-63(33-40-74-53(7)46-67)34-41-75-54(8)47-68/h1,12,50-56,65-69H,13-49H2,2-11H3. The molecule has 0 aliphatic rings. The molecule has 0 rings (SSSR count). The highest BCUT2D eigenvalue weighted by Gasteiger charge is 2.19. The van der Waals surface area contributed by atoms with Crippen molar-refractivity contribution in [1.82, 2.24) is 39.2 Å². The lowest BCUT2D eigenvalue weighted by Crippen LogP contribution is -2.47. The smallest absolute Gasteiger partial charge is 0.115 e. The SMILES string of the molecule is [CH]CC(C)OCCN(C)CCN(CCOC(C)CO)CCN(CCN(CCOC(C)CO)CCOC(C)CO[CH])CCN(CCOC(C)CO)CCN(CCN(CC)CC)CCN(CCOC(C)CO)CCOC(C)CO. The van der Waals surface area contributed by atoms with Crippen LogP contribution in [0, 0.1) is 14.0 Å². The largest absolute Gasteiger partial charge is 0.394 e. The summed E-state index contributed by atoms with van der Waals surface area (Å²) in [7, 11) is 7.46. The Morgan fingerprint density at radius 2 is 0.532 bits per heavy atom. The number of likely N-dealkylation sites (N-methyl/N-ethyl adjacent to an activating group) is 2. The van der Waals surface area contributed by atoms with Crippen molar-refractivity contribution in [3.8, 4) is 0 Å². The molecule has 0 saturated carbocycles. The van der Waals surface area contributed by atoms with Gasteiger partial charge in [-0.2, -0.15) is 0 Å². The highest BCUT2D eigenvalue weighted by atomic mass is 16.5. The molecule has 0 aliphatic heterocycles. The van der Waals surface area contributed by atoms with E-state index in [4.69, 9.17) is 51.9 Å². The molecule has 7 atom stereocenters. The van der Waals surface area contributed by atoms with Crippen LogP contribution in [-0.2, 0) is 37.9 Å². The molecule has 77 heavy (non-hydrogen) atoms. The minimum absolute atomic E-state index is 0.0168. The first-order chi connectivity index (χ1) is 37.1. The van der Waals surface area contributed by atoms with Gasteiger partial charge in [0.2, 0.25) is 0 Å². The Morgan fingerprint density at radius 3 is 0.792 bits per heavy atom. The second-order valence-electron chi connectivity index (χ2n) is 20.6. The number of nitrogens with zero attached hydrogens (tertiary/aromatic N) is 8. The fourth-order valence-corrected chi connectivity index (χ4v) is 7.90. The van der Waals surface area contributed by atoms with Crippen LogP contribution in [0.3, 0.4) is 0 Å². The molecule has 0 aromatic rings. The first-order valence-corrected chi connectivity index (χ1v) is 29.2. The topological polar surface area (TPSA) is 201 Å². The highest BCUT2D eigenvalue weighted by Crippen LogP contribution is 2.06. The Morgan fingerprint density at radius 1 is 0.312 bits per heavy atom. The Kier molecular flexibility index (Phi) is 51.4. The van der Waals surface area contributed by atoms with Gasteiger partial charge in [0.25, 0.3) is 0 Å². The van der Waals surface area contributed by atoms with Crippen LogP contribution in [0.4, 0.5) is 0 Å². The summed E-state index contributed by atoms with van der Waals surface area (Å²) >= 11 is 0. The van der Waals surface area contributed by atoms with Crippen molar-refractivity contribution >= 4 is 0 Å². The summed E-state index contributed by atoms with van der Waals surface area (Å²) in [4.78, 5) is 19.5. The number of aliphatic hydroxyl groups excluding tert-OH is 5. The van der Waals surface area contributed by atoms with E-state index in [1.807, 2.05) is 48.5 Å². The van der Waals surface area contributed by atoms with Crippen LogP contribution in [0.5, 0.6) is 0 Å². The fraction of sp³-hybridized carbons (Fsp3) is 0.964. The Balaban J connectivity index is 6.78. The summed E-state index contributed by atoms with van der Waals surface area (Å²) in [6.07, 6.45) is -0.882. The summed E-state index contributed by atoms with van der Waals surface area (Å²) in [6, 6.07) is 0. The maximum Gasteiger partial charge on any atom is 0.115 e. The molecule has 7 unspecified atom stereocenters. The minimum Gasteiger partial charge on any atom is -0.394 e. The minimum atomic E-state index is -0.264. The van der Waals surface area contributed by atoms with E-state index >= 15 is 0 Å². The number of aliphatic hydroxyl groups is 5. The second-order valence-corrected chi connectivity index (χ2v) is 20.6. The molecule has 0 saturated heterocycles. The van der Waals surface area contributed by atoms with Crippen LogP contribution in [0.15, 0.2) is 0 Å². The van der Waals surface area contributed by atoms with Gasteiger partial charge in [0.1, 0.15) is 7.11 Å². The predicted molar refractivity (Wildman–Crippen MR) is 306 cm³/mol. The first kappa shape index (κ1) is 76.2. The molecule has 0 aromatic carbocycles. The molecule has 0 fully saturated rings. The van der Waals surface area contributed by atoms with E-state index in [0.717, 1.165) is 118 Å². The lowest BCUT2D eigenvalue weighted by Gasteiger charge is -2.34. The van der Waals surface area contributed by atoms with Gasteiger partial charge < -0.3 is 73.2 Å². The molecule has 5 N–H and O–H groups in total. The van der Waals surface area contributed by atoms with Crippen molar-refractivity contribution in [2.24, 2.45) is 0 Å². The number of hydrogen-bond donors (Lipinski definition) is 5. The highest BCUT2D eigenvalue weighted by molar-refractivity contribution is 4.74. The van der Waals surface area contributed by atoms with Crippen LogP contribution in [-0.4, -0.2) is 351 Å². The van der Waals surface area contributed by atoms with E-state index in [0.29, 0.717) is 92.0 Å². The maximum absolute atomic E-state index is 9.85. The van der Waals surface area contributed by atoms with Gasteiger partial charge in [0.15, 0.2) is 0 Å². The average molecular weight is 1110 g/mol. The van der Waals surface area contributed by atoms with Gasteiger partial charge in [-0.05, 0) is 81.9 Å². The zero-order chi connectivity index (χ0) is 57.5. The molecular weight excluding hydrogens is 993 g/mol. The molecule has 0 bridgehead atoms. The molecule has 0 aliphatic carbocycles. The van der Waals surface area contributed by atoms with Crippen molar-refractivity contribution in [2.75, 3.05) is 243 Å². The number of ether oxygens (including phenoxy) is 8. The molecule has 21 heteroatoms. The molecule has 0 spiro atoms. The van der Waals surface area contributed by atoms with Gasteiger partial charge >= 0.3 is 0 Å². The van der Waals surface area contributed by atoms with Gasteiger partial charge in [0, 0.05) is 137 Å². The summed E-state index contributed by atoms with van der Waals surface area (Å²) in [5.41, 5.74) is 0. The quantitative estimate of drug-likeness (QED) is 0.0569. The van der Waals surface area contributed by atoms with Gasteiger partial charge in [-0.3, -0.25) is 29.4 Å². The lowest BCUT2D eigenvalue weighted by molar-refractivity contribution is -0.00785. The van der Waals surface area contributed by atoms with E-state index in [1.165, 1.54) is 0 Å². The van der Waals surface area contributed by atoms with Crippen LogP contribution < -0.4 is 0 Å². The normalized spacial score (nSPS) is 15.4. The van der Waals surface area contributed by atoms with Crippen molar-refractivity contribution in [2.45, 2.75) is 111 Å². The molecule has 460 valence electrons. The van der Waals surface area contributed by atoms with E-state index in [-0.39, 0.29) is 75.8 Å². The van der Waals surface area contributed by atoms with Crippen molar-refractivity contribution in [3.05, 3.63) is 14.0 Å².